The van der Waals surface area contributed by atoms with Gasteiger partial charge in [0.15, 0.2) is 0 Å². The van der Waals surface area contributed by atoms with Crippen LogP contribution in [0.5, 0.6) is 0 Å². The van der Waals surface area contributed by atoms with Crippen molar-refractivity contribution in [2.45, 2.75) is 13.8 Å². The Hall–Kier alpha value is -3.92. The van der Waals surface area contributed by atoms with Gasteiger partial charge in [0.1, 0.15) is 11.6 Å². The molecule has 0 N–H and O–H groups in total. The molecule has 0 spiro atoms. The lowest BCUT2D eigenvalue weighted by Gasteiger charge is -2.08. The molecule has 0 bridgehead atoms. The summed E-state index contributed by atoms with van der Waals surface area (Å²) >= 11 is 0. The average molecular weight is 424 g/mol. The predicted molar refractivity (Wildman–Crippen MR) is 129 cm³/mol. The lowest BCUT2D eigenvalue weighted by molar-refractivity contribution is 0.625. The zero-order valence-corrected chi connectivity index (χ0v) is 17.9. The van der Waals surface area contributed by atoms with Gasteiger partial charge in [-0.3, -0.25) is 9.98 Å². The summed E-state index contributed by atoms with van der Waals surface area (Å²) in [4.78, 5) is 8.90. The third-order valence-electron chi connectivity index (χ3n) is 5.22. The fraction of sp³-hybridized carbons (Fsp3) is 0.0714. The molecule has 4 rings (SSSR count). The van der Waals surface area contributed by atoms with E-state index >= 15 is 0 Å². The molecule has 0 saturated carbocycles. The summed E-state index contributed by atoms with van der Waals surface area (Å²) in [6, 6.07) is 25.1. The van der Waals surface area contributed by atoms with Crippen molar-refractivity contribution < 1.29 is 8.78 Å². The molecule has 0 amide bonds. The van der Waals surface area contributed by atoms with Crippen molar-refractivity contribution in [3.63, 3.8) is 0 Å². The molecule has 4 heteroatoms. The summed E-state index contributed by atoms with van der Waals surface area (Å²) in [5.41, 5.74) is 6.60. The zero-order valence-electron chi connectivity index (χ0n) is 17.9. The summed E-state index contributed by atoms with van der Waals surface area (Å²) in [6.07, 6.45) is 3.09. The van der Waals surface area contributed by atoms with Crippen LogP contribution in [0.1, 0.15) is 22.3 Å². The molecule has 0 aliphatic heterocycles. The number of benzene rings is 4. The number of halogens is 2. The monoisotopic (exact) mass is 424 g/mol. The van der Waals surface area contributed by atoms with Gasteiger partial charge >= 0.3 is 0 Å². The van der Waals surface area contributed by atoms with Crippen molar-refractivity contribution in [1.29, 1.82) is 0 Å². The normalized spacial score (nSPS) is 11.5. The van der Waals surface area contributed by atoms with Gasteiger partial charge in [0.25, 0.3) is 0 Å². The van der Waals surface area contributed by atoms with Gasteiger partial charge in [-0.2, -0.15) is 0 Å². The second-order valence-corrected chi connectivity index (χ2v) is 7.56. The summed E-state index contributed by atoms with van der Waals surface area (Å²) < 4.78 is 27.6. The van der Waals surface area contributed by atoms with Crippen molar-refractivity contribution in [1.82, 2.24) is 0 Å². The lowest BCUT2D eigenvalue weighted by atomic mass is 10.00. The summed E-state index contributed by atoms with van der Waals surface area (Å²) in [5, 5.41) is 0. The Balaban J connectivity index is 1.55. The largest absolute Gasteiger partial charge is 0.256 e. The molecule has 158 valence electrons. The number of rotatable bonds is 5. The maximum absolute atomic E-state index is 13.8. The highest BCUT2D eigenvalue weighted by Crippen LogP contribution is 2.30. The van der Waals surface area contributed by atoms with E-state index in [0.717, 1.165) is 33.6 Å². The highest BCUT2D eigenvalue weighted by molar-refractivity contribution is 5.84. The van der Waals surface area contributed by atoms with E-state index in [1.807, 2.05) is 38.1 Å². The van der Waals surface area contributed by atoms with Gasteiger partial charge in [0.05, 0.1) is 11.4 Å². The smallest absolute Gasteiger partial charge is 0.131 e. The molecule has 32 heavy (non-hydrogen) atoms. The van der Waals surface area contributed by atoms with Crippen LogP contribution < -0.4 is 0 Å². The van der Waals surface area contributed by atoms with E-state index in [2.05, 4.69) is 22.1 Å². The van der Waals surface area contributed by atoms with Crippen LogP contribution in [0.3, 0.4) is 0 Å². The number of aryl methyl sites for hydroxylation is 2. The van der Waals surface area contributed by atoms with Gasteiger partial charge in [-0.15, -0.1) is 0 Å². The molecule has 4 aromatic carbocycles. The first-order valence-electron chi connectivity index (χ1n) is 10.3. The van der Waals surface area contributed by atoms with Gasteiger partial charge in [-0.05, 0) is 72.5 Å². The van der Waals surface area contributed by atoms with Crippen LogP contribution in [0.25, 0.3) is 11.1 Å². The average Bonchev–Trinajstić information content (AvgIpc) is 2.79. The van der Waals surface area contributed by atoms with Crippen molar-refractivity contribution in [3.8, 4) is 11.1 Å². The first kappa shape index (κ1) is 21.3. The van der Waals surface area contributed by atoms with Crippen LogP contribution in [-0.2, 0) is 0 Å². The minimum Gasteiger partial charge on any atom is -0.256 e. The van der Waals surface area contributed by atoms with E-state index in [1.165, 1.54) is 12.1 Å². The lowest BCUT2D eigenvalue weighted by Crippen LogP contribution is -1.88. The Morgan fingerprint density at radius 3 is 1.34 bits per heavy atom. The van der Waals surface area contributed by atoms with Gasteiger partial charge in [0.2, 0.25) is 0 Å². The third kappa shape index (κ3) is 4.86. The summed E-state index contributed by atoms with van der Waals surface area (Å²) in [6.45, 7) is 3.97. The summed E-state index contributed by atoms with van der Waals surface area (Å²) in [5.74, 6) is -0.586. The van der Waals surface area contributed by atoms with Crippen LogP contribution >= 0.6 is 0 Å². The van der Waals surface area contributed by atoms with E-state index in [4.69, 9.17) is 0 Å². The molecule has 0 fully saturated rings. The van der Waals surface area contributed by atoms with Gasteiger partial charge < -0.3 is 0 Å². The van der Waals surface area contributed by atoms with Crippen LogP contribution in [-0.4, -0.2) is 12.4 Å². The highest BCUT2D eigenvalue weighted by Gasteiger charge is 2.05. The Labute approximate surface area is 186 Å². The molecule has 2 nitrogen and oxygen atoms in total. The number of nitrogens with zero attached hydrogens (tertiary/aromatic N) is 2. The van der Waals surface area contributed by atoms with E-state index < -0.39 is 0 Å². The second-order valence-electron chi connectivity index (χ2n) is 7.56. The molecule has 0 aliphatic rings. The fourth-order valence-electron chi connectivity index (χ4n) is 3.40. The van der Waals surface area contributed by atoms with Crippen molar-refractivity contribution in [3.05, 3.63) is 119 Å². The van der Waals surface area contributed by atoms with Crippen molar-refractivity contribution >= 4 is 23.8 Å². The maximum Gasteiger partial charge on any atom is 0.131 e. The first-order valence-corrected chi connectivity index (χ1v) is 10.3. The predicted octanol–water partition coefficient (Wildman–Crippen LogP) is 7.75. The third-order valence-corrected chi connectivity index (χ3v) is 5.22. The SMILES string of the molecule is Cc1cc(-c2ccc(N=Cc3ccccc3F)c(C)c2)ccc1N=Cc1ccccc1F. The van der Waals surface area contributed by atoms with E-state index in [0.29, 0.717) is 11.1 Å². The quantitative estimate of drug-likeness (QED) is 0.293. The van der Waals surface area contributed by atoms with Crippen LogP contribution in [0.4, 0.5) is 20.2 Å². The number of hydrogen-bond donors (Lipinski definition) is 0. The second kappa shape index (κ2) is 9.48. The van der Waals surface area contributed by atoms with Gasteiger partial charge in [-0.1, -0.05) is 48.5 Å². The standard InChI is InChI=1S/C28H22F2N2/c1-19-15-21(11-13-27(19)31-17-23-7-3-5-9-25(23)29)22-12-14-28(20(2)16-22)32-18-24-8-4-6-10-26(24)30/h3-18H,1-2H3. The molecule has 0 aliphatic carbocycles. The van der Waals surface area contributed by atoms with E-state index in [1.54, 1.807) is 48.8 Å². The fourth-order valence-corrected chi connectivity index (χ4v) is 3.40. The van der Waals surface area contributed by atoms with Crippen molar-refractivity contribution in [2.75, 3.05) is 0 Å². The molecule has 0 aromatic heterocycles. The van der Waals surface area contributed by atoms with Crippen LogP contribution in [0, 0.1) is 25.5 Å². The Kier molecular flexibility index (Phi) is 6.31. The maximum atomic E-state index is 13.8. The van der Waals surface area contributed by atoms with Gasteiger partial charge in [-0.25, -0.2) is 8.78 Å². The van der Waals surface area contributed by atoms with Gasteiger partial charge in [0, 0.05) is 23.6 Å². The zero-order chi connectivity index (χ0) is 22.5. The molecule has 4 aromatic rings. The minimum atomic E-state index is -0.293. The van der Waals surface area contributed by atoms with E-state index in [-0.39, 0.29) is 11.6 Å². The van der Waals surface area contributed by atoms with Crippen LogP contribution in [0.2, 0.25) is 0 Å². The molecular weight excluding hydrogens is 402 g/mol. The molecular formula is C28H22F2N2. The molecule has 0 unspecified atom stereocenters. The summed E-state index contributed by atoms with van der Waals surface area (Å²) in [7, 11) is 0. The first-order chi connectivity index (χ1) is 15.5. The highest BCUT2D eigenvalue weighted by atomic mass is 19.1. The Morgan fingerprint density at radius 1 is 0.562 bits per heavy atom. The van der Waals surface area contributed by atoms with Crippen molar-refractivity contribution in [2.24, 2.45) is 9.98 Å². The Morgan fingerprint density at radius 2 is 0.969 bits per heavy atom. The van der Waals surface area contributed by atoms with Crippen LogP contribution in [0.15, 0.2) is 94.9 Å². The molecule has 0 saturated heterocycles. The molecule has 0 radical (unpaired) electrons. The molecule has 0 atom stereocenters. The Bertz CT molecular complexity index is 1220. The minimum absolute atomic E-state index is 0.293. The number of hydrogen-bond acceptors (Lipinski definition) is 2. The topological polar surface area (TPSA) is 24.7 Å². The van der Waals surface area contributed by atoms with E-state index in [9.17, 15) is 8.78 Å². The number of aliphatic imine (C=N–C) groups is 2. The molecule has 0 heterocycles.